The number of hydrogen-bond acceptors (Lipinski definition) is 3. The summed E-state index contributed by atoms with van der Waals surface area (Å²) in [6.07, 6.45) is 2.96. The van der Waals surface area contributed by atoms with Crippen LogP contribution in [0, 0.1) is 0 Å². The van der Waals surface area contributed by atoms with Gasteiger partial charge in [-0.1, -0.05) is 43.7 Å². The van der Waals surface area contributed by atoms with Crippen LogP contribution in [0.15, 0.2) is 30.3 Å². The Morgan fingerprint density at radius 2 is 2.00 bits per heavy atom. The van der Waals surface area contributed by atoms with Crippen LogP contribution in [0.2, 0.25) is 0 Å². The second-order valence-electron chi connectivity index (χ2n) is 5.99. The van der Waals surface area contributed by atoms with Gasteiger partial charge in [0.05, 0.1) is 5.92 Å². The molecule has 1 amide bonds. The van der Waals surface area contributed by atoms with Crippen molar-refractivity contribution < 1.29 is 4.79 Å². The van der Waals surface area contributed by atoms with Crippen molar-refractivity contribution in [3.05, 3.63) is 35.9 Å². The number of nitrogens with one attached hydrogen (secondary N) is 2. The van der Waals surface area contributed by atoms with Gasteiger partial charge in [-0.15, -0.1) is 0 Å². The van der Waals surface area contributed by atoms with Crippen LogP contribution >= 0.6 is 0 Å². The molecule has 0 bridgehead atoms. The summed E-state index contributed by atoms with van der Waals surface area (Å²) in [7, 11) is 0. The van der Waals surface area contributed by atoms with Gasteiger partial charge in [0.25, 0.3) is 0 Å². The first-order chi connectivity index (χ1) is 10.8. The van der Waals surface area contributed by atoms with Crippen molar-refractivity contribution in [2.24, 2.45) is 0 Å². The first-order valence-electron chi connectivity index (χ1n) is 8.57. The third kappa shape index (κ3) is 5.43. The third-order valence-electron chi connectivity index (χ3n) is 4.26. The monoisotopic (exact) mass is 303 g/mol. The second-order valence-corrected chi connectivity index (χ2v) is 5.99. The topological polar surface area (TPSA) is 44.4 Å². The fourth-order valence-corrected chi connectivity index (χ4v) is 3.00. The van der Waals surface area contributed by atoms with Gasteiger partial charge < -0.3 is 15.5 Å². The van der Waals surface area contributed by atoms with Crippen LogP contribution in [0.5, 0.6) is 0 Å². The van der Waals surface area contributed by atoms with Crippen molar-refractivity contribution in [2.75, 3.05) is 39.3 Å². The van der Waals surface area contributed by atoms with Gasteiger partial charge in [0.15, 0.2) is 0 Å². The van der Waals surface area contributed by atoms with Gasteiger partial charge in [-0.05, 0) is 24.9 Å². The Bertz CT molecular complexity index is 429. The number of amides is 1. The lowest BCUT2D eigenvalue weighted by Gasteiger charge is -2.27. The molecule has 2 rings (SSSR count). The molecule has 0 aliphatic carbocycles. The molecule has 1 aromatic carbocycles. The molecule has 0 radical (unpaired) electrons. The quantitative estimate of drug-likeness (QED) is 0.722. The molecular formula is C18H29N3O. The molecule has 1 atom stereocenters. The van der Waals surface area contributed by atoms with Crippen molar-refractivity contribution >= 4 is 5.91 Å². The largest absolute Gasteiger partial charge is 0.356 e. The van der Waals surface area contributed by atoms with Crippen molar-refractivity contribution in [1.82, 2.24) is 15.5 Å². The number of nitrogens with zero attached hydrogens (tertiary/aromatic N) is 1. The van der Waals surface area contributed by atoms with Gasteiger partial charge in [0.2, 0.25) is 5.91 Å². The van der Waals surface area contributed by atoms with E-state index in [2.05, 4.69) is 34.6 Å². The Labute approximate surface area is 134 Å². The lowest BCUT2D eigenvalue weighted by Crippen LogP contribution is -2.44. The second kappa shape index (κ2) is 9.59. The minimum atomic E-state index is -0.00890. The Morgan fingerprint density at radius 3 is 2.68 bits per heavy atom. The predicted octanol–water partition coefficient (Wildman–Crippen LogP) is 1.98. The molecule has 1 heterocycles. The Morgan fingerprint density at radius 1 is 1.27 bits per heavy atom. The van der Waals surface area contributed by atoms with Crippen LogP contribution in [0.3, 0.4) is 0 Å². The van der Waals surface area contributed by atoms with Crippen LogP contribution in [0.4, 0.5) is 0 Å². The highest BCUT2D eigenvalue weighted by Crippen LogP contribution is 2.21. The molecule has 1 saturated heterocycles. The SMILES string of the molecule is CCCC(C(=O)NCCCN1CCNCC1)c1ccccc1. The van der Waals surface area contributed by atoms with Crippen LogP contribution < -0.4 is 10.6 Å². The first kappa shape index (κ1) is 17.0. The summed E-state index contributed by atoms with van der Waals surface area (Å²) in [5, 5.41) is 6.48. The summed E-state index contributed by atoms with van der Waals surface area (Å²) < 4.78 is 0. The van der Waals surface area contributed by atoms with E-state index in [0.29, 0.717) is 0 Å². The van der Waals surface area contributed by atoms with Gasteiger partial charge >= 0.3 is 0 Å². The zero-order chi connectivity index (χ0) is 15.6. The zero-order valence-electron chi connectivity index (χ0n) is 13.7. The van der Waals surface area contributed by atoms with Crippen molar-refractivity contribution in [2.45, 2.75) is 32.1 Å². The summed E-state index contributed by atoms with van der Waals surface area (Å²) in [5.74, 6) is 0.166. The summed E-state index contributed by atoms with van der Waals surface area (Å²) in [6.45, 7) is 8.39. The normalized spacial score (nSPS) is 17.1. The predicted molar refractivity (Wildman–Crippen MR) is 91.0 cm³/mol. The fraction of sp³-hybridized carbons (Fsp3) is 0.611. The summed E-state index contributed by atoms with van der Waals surface area (Å²) in [4.78, 5) is 14.9. The molecule has 0 saturated carbocycles. The van der Waals surface area contributed by atoms with Gasteiger partial charge in [-0.3, -0.25) is 4.79 Å². The van der Waals surface area contributed by atoms with Gasteiger partial charge in [0.1, 0.15) is 0 Å². The van der Waals surface area contributed by atoms with E-state index in [1.54, 1.807) is 0 Å². The smallest absolute Gasteiger partial charge is 0.227 e. The maximum absolute atomic E-state index is 12.4. The van der Waals surface area contributed by atoms with E-state index in [-0.39, 0.29) is 11.8 Å². The minimum Gasteiger partial charge on any atom is -0.356 e. The molecule has 0 spiro atoms. The van der Waals surface area contributed by atoms with Gasteiger partial charge in [0, 0.05) is 32.7 Å². The average Bonchev–Trinajstić information content (AvgIpc) is 2.58. The maximum Gasteiger partial charge on any atom is 0.227 e. The number of carbonyl (C=O) groups excluding carboxylic acids is 1. The minimum absolute atomic E-state index is 0.00890. The lowest BCUT2D eigenvalue weighted by atomic mass is 9.93. The molecule has 2 N–H and O–H groups in total. The molecule has 122 valence electrons. The van der Waals surface area contributed by atoms with Crippen LogP contribution in [0.1, 0.15) is 37.7 Å². The molecule has 4 heteroatoms. The highest BCUT2D eigenvalue weighted by atomic mass is 16.1. The lowest BCUT2D eigenvalue weighted by molar-refractivity contribution is -0.122. The molecule has 1 unspecified atom stereocenters. The average molecular weight is 303 g/mol. The Balaban J connectivity index is 1.74. The van der Waals surface area contributed by atoms with E-state index < -0.39 is 0 Å². The van der Waals surface area contributed by atoms with Crippen molar-refractivity contribution in [1.29, 1.82) is 0 Å². The summed E-state index contributed by atoms with van der Waals surface area (Å²) in [5.41, 5.74) is 1.13. The van der Waals surface area contributed by atoms with E-state index in [1.807, 2.05) is 18.2 Å². The molecule has 0 aromatic heterocycles. The molecule has 22 heavy (non-hydrogen) atoms. The van der Waals surface area contributed by atoms with Crippen molar-refractivity contribution in [3.63, 3.8) is 0 Å². The van der Waals surface area contributed by atoms with Gasteiger partial charge in [-0.25, -0.2) is 0 Å². The highest BCUT2D eigenvalue weighted by Gasteiger charge is 2.19. The van der Waals surface area contributed by atoms with Crippen LogP contribution in [-0.4, -0.2) is 50.1 Å². The molecule has 4 nitrogen and oxygen atoms in total. The third-order valence-corrected chi connectivity index (χ3v) is 4.26. The Hall–Kier alpha value is -1.39. The van der Waals surface area contributed by atoms with Crippen molar-refractivity contribution in [3.8, 4) is 0 Å². The molecule has 1 aromatic rings. The molecule has 1 aliphatic rings. The Kier molecular flexibility index (Phi) is 7.40. The van der Waals surface area contributed by atoms with Gasteiger partial charge in [-0.2, -0.15) is 0 Å². The van der Waals surface area contributed by atoms with E-state index in [9.17, 15) is 4.79 Å². The fourth-order valence-electron chi connectivity index (χ4n) is 3.00. The number of benzene rings is 1. The maximum atomic E-state index is 12.4. The molecule has 1 fully saturated rings. The number of carbonyl (C=O) groups is 1. The van der Waals surface area contributed by atoms with E-state index >= 15 is 0 Å². The number of rotatable bonds is 8. The summed E-state index contributed by atoms with van der Waals surface area (Å²) >= 11 is 0. The zero-order valence-corrected chi connectivity index (χ0v) is 13.7. The van der Waals surface area contributed by atoms with Crippen LogP contribution in [-0.2, 0) is 4.79 Å². The summed E-state index contributed by atoms with van der Waals surface area (Å²) in [6, 6.07) is 10.1. The standard InChI is InChI=1S/C18H29N3O/c1-2-7-17(16-8-4-3-5-9-16)18(22)20-10-6-13-21-14-11-19-12-15-21/h3-5,8-9,17,19H,2,6-7,10-15H2,1H3,(H,20,22). The number of piperazine rings is 1. The van der Waals surface area contributed by atoms with Crippen LogP contribution in [0.25, 0.3) is 0 Å². The van der Waals surface area contributed by atoms with E-state index in [1.165, 1.54) is 0 Å². The molecule has 1 aliphatic heterocycles. The van der Waals surface area contributed by atoms with E-state index in [0.717, 1.165) is 64.1 Å². The number of hydrogen-bond donors (Lipinski definition) is 2. The first-order valence-corrected chi connectivity index (χ1v) is 8.57. The molecular weight excluding hydrogens is 274 g/mol. The van der Waals surface area contributed by atoms with E-state index in [4.69, 9.17) is 0 Å². The highest BCUT2D eigenvalue weighted by molar-refractivity contribution is 5.83.